The summed E-state index contributed by atoms with van der Waals surface area (Å²) in [6.45, 7) is 11.1. The van der Waals surface area contributed by atoms with Gasteiger partial charge in [-0.2, -0.15) is 0 Å². The lowest BCUT2D eigenvalue weighted by molar-refractivity contribution is -0.0445. The summed E-state index contributed by atoms with van der Waals surface area (Å²) in [6, 6.07) is 0. The highest BCUT2D eigenvalue weighted by Crippen LogP contribution is 2.35. The third-order valence-electron chi connectivity index (χ3n) is 4.00. The maximum absolute atomic E-state index is 10.8. The summed E-state index contributed by atoms with van der Waals surface area (Å²) in [4.78, 5) is 0. The predicted octanol–water partition coefficient (Wildman–Crippen LogP) is 4.78. The lowest BCUT2D eigenvalue weighted by Gasteiger charge is -2.37. The second kappa shape index (κ2) is 8.11. The van der Waals surface area contributed by atoms with Gasteiger partial charge in [0.1, 0.15) is 0 Å². The predicted molar refractivity (Wildman–Crippen MR) is 72.6 cm³/mol. The van der Waals surface area contributed by atoms with Crippen LogP contribution in [0.4, 0.5) is 0 Å². The van der Waals surface area contributed by atoms with E-state index in [1.54, 1.807) is 0 Å². The van der Waals surface area contributed by atoms with Crippen LogP contribution in [-0.4, -0.2) is 10.7 Å². The summed E-state index contributed by atoms with van der Waals surface area (Å²) in [5.41, 5.74) is -0.401. The molecular formula is C15H32O. The van der Waals surface area contributed by atoms with Crippen LogP contribution in [0.3, 0.4) is 0 Å². The first-order chi connectivity index (χ1) is 7.53. The van der Waals surface area contributed by atoms with Gasteiger partial charge in [-0.3, -0.25) is 0 Å². The molecule has 0 aliphatic carbocycles. The summed E-state index contributed by atoms with van der Waals surface area (Å²) in [5, 5.41) is 10.8. The molecule has 0 saturated carbocycles. The topological polar surface area (TPSA) is 20.2 Å². The first kappa shape index (κ1) is 16.0. The van der Waals surface area contributed by atoms with Crippen molar-refractivity contribution in [1.82, 2.24) is 0 Å². The molecule has 0 aliphatic heterocycles. The average Bonchev–Trinajstić information content (AvgIpc) is 2.25. The van der Waals surface area contributed by atoms with Crippen molar-refractivity contribution >= 4 is 0 Å². The van der Waals surface area contributed by atoms with Gasteiger partial charge in [0, 0.05) is 0 Å². The van der Waals surface area contributed by atoms with Crippen molar-refractivity contribution < 1.29 is 5.11 Å². The van der Waals surface area contributed by atoms with E-state index in [2.05, 4.69) is 34.6 Å². The van der Waals surface area contributed by atoms with Crippen molar-refractivity contribution in [2.24, 2.45) is 11.8 Å². The van der Waals surface area contributed by atoms with Gasteiger partial charge in [0.25, 0.3) is 0 Å². The van der Waals surface area contributed by atoms with Gasteiger partial charge in [-0.15, -0.1) is 0 Å². The number of hydrogen-bond donors (Lipinski definition) is 1. The van der Waals surface area contributed by atoms with E-state index in [1.807, 2.05) is 0 Å². The normalized spacial score (nSPS) is 16.1. The van der Waals surface area contributed by atoms with Crippen molar-refractivity contribution in [3.63, 3.8) is 0 Å². The molecule has 0 aliphatic rings. The van der Waals surface area contributed by atoms with Gasteiger partial charge in [-0.1, -0.05) is 60.3 Å². The number of rotatable bonds is 9. The smallest absolute Gasteiger partial charge is 0.0675 e. The van der Waals surface area contributed by atoms with E-state index in [0.29, 0.717) is 5.92 Å². The van der Waals surface area contributed by atoms with E-state index in [1.165, 1.54) is 12.8 Å². The molecule has 0 heterocycles. The molecule has 0 fully saturated rings. The molecule has 1 N–H and O–H groups in total. The molecule has 0 aromatic carbocycles. The maximum Gasteiger partial charge on any atom is 0.0675 e. The van der Waals surface area contributed by atoms with Gasteiger partial charge in [-0.25, -0.2) is 0 Å². The SMILES string of the molecule is CCCC(O)(CCC)C(CC)CC(C)CC. The zero-order valence-electron chi connectivity index (χ0n) is 12.1. The Morgan fingerprint density at radius 3 is 1.75 bits per heavy atom. The molecule has 2 atom stereocenters. The molecule has 98 valence electrons. The molecule has 0 saturated heterocycles. The molecule has 1 nitrogen and oxygen atoms in total. The molecule has 0 aromatic rings. The summed E-state index contributed by atoms with van der Waals surface area (Å²) >= 11 is 0. The van der Waals surface area contributed by atoms with Gasteiger partial charge in [0.2, 0.25) is 0 Å². The molecule has 0 radical (unpaired) electrons. The summed E-state index contributed by atoms with van der Waals surface area (Å²) in [6.07, 6.45) is 7.64. The van der Waals surface area contributed by atoms with E-state index >= 15 is 0 Å². The minimum atomic E-state index is -0.401. The minimum absolute atomic E-state index is 0.401. The van der Waals surface area contributed by atoms with E-state index in [4.69, 9.17) is 0 Å². The zero-order chi connectivity index (χ0) is 12.6. The van der Waals surface area contributed by atoms with Crippen LogP contribution in [0.15, 0.2) is 0 Å². The Kier molecular flexibility index (Phi) is 8.09. The van der Waals surface area contributed by atoms with Crippen molar-refractivity contribution in [2.45, 2.75) is 85.2 Å². The number of hydrogen-bond acceptors (Lipinski definition) is 1. The van der Waals surface area contributed by atoms with Gasteiger partial charge in [-0.05, 0) is 31.1 Å². The van der Waals surface area contributed by atoms with Gasteiger partial charge in [0.15, 0.2) is 0 Å². The van der Waals surface area contributed by atoms with Crippen molar-refractivity contribution in [1.29, 1.82) is 0 Å². The summed E-state index contributed by atoms with van der Waals surface area (Å²) in [7, 11) is 0. The van der Waals surface area contributed by atoms with Crippen LogP contribution in [-0.2, 0) is 0 Å². The first-order valence-electron chi connectivity index (χ1n) is 7.26. The average molecular weight is 228 g/mol. The standard InChI is InChI=1S/C15H32O/c1-6-10-15(16,11-7-2)14(9-4)12-13(5)8-3/h13-14,16H,6-12H2,1-5H3. The maximum atomic E-state index is 10.8. The third kappa shape index (κ3) is 4.86. The molecule has 0 amide bonds. The lowest BCUT2D eigenvalue weighted by atomic mass is 9.74. The van der Waals surface area contributed by atoms with Gasteiger partial charge < -0.3 is 5.11 Å². The van der Waals surface area contributed by atoms with E-state index in [-0.39, 0.29) is 0 Å². The molecule has 1 heteroatoms. The van der Waals surface area contributed by atoms with E-state index in [0.717, 1.165) is 38.0 Å². The highest BCUT2D eigenvalue weighted by atomic mass is 16.3. The van der Waals surface area contributed by atoms with Crippen molar-refractivity contribution in [3.8, 4) is 0 Å². The second-order valence-electron chi connectivity index (χ2n) is 5.46. The fourth-order valence-electron chi connectivity index (χ4n) is 2.82. The van der Waals surface area contributed by atoms with Crippen molar-refractivity contribution in [2.75, 3.05) is 0 Å². The minimum Gasteiger partial charge on any atom is -0.390 e. The Morgan fingerprint density at radius 2 is 1.44 bits per heavy atom. The van der Waals surface area contributed by atoms with Crippen LogP contribution in [0.1, 0.15) is 79.6 Å². The first-order valence-corrected chi connectivity index (χ1v) is 7.26. The molecule has 2 unspecified atom stereocenters. The molecule has 0 bridgehead atoms. The fraction of sp³-hybridized carbons (Fsp3) is 1.00. The summed E-state index contributed by atoms with van der Waals surface area (Å²) in [5.74, 6) is 1.23. The Balaban J connectivity index is 4.56. The van der Waals surface area contributed by atoms with Crippen LogP contribution in [0.5, 0.6) is 0 Å². The Labute approximate surface area is 103 Å². The van der Waals surface area contributed by atoms with Crippen LogP contribution in [0.25, 0.3) is 0 Å². The van der Waals surface area contributed by atoms with E-state index in [9.17, 15) is 5.11 Å². The lowest BCUT2D eigenvalue weighted by Crippen LogP contribution is -2.38. The second-order valence-corrected chi connectivity index (χ2v) is 5.46. The third-order valence-corrected chi connectivity index (χ3v) is 4.00. The Bertz CT molecular complexity index is 159. The molecule has 0 aromatic heterocycles. The Hall–Kier alpha value is -0.0400. The monoisotopic (exact) mass is 228 g/mol. The van der Waals surface area contributed by atoms with E-state index < -0.39 is 5.60 Å². The highest BCUT2D eigenvalue weighted by Gasteiger charge is 2.34. The fourth-order valence-corrected chi connectivity index (χ4v) is 2.82. The number of aliphatic hydroxyl groups is 1. The molecular weight excluding hydrogens is 196 g/mol. The molecule has 0 rings (SSSR count). The largest absolute Gasteiger partial charge is 0.390 e. The summed E-state index contributed by atoms with van der Waals surface area (Å²) < 4.78 is 0. The molecule has 16 heavy (non-hydrogen) atoms. The Morgan fingerprint density at radius 1 is 0.938 bits per heavy atom. The zero-order valence-corrected chi connectivity index (χ0v) is 12.1. The van der Waals surface area contributed by atoms with Crippen LogP contribution in [0.2, 0.25) is 0 Å². The van der Waals surface area contributed by atoms with Crippen LogP contribution in [0, 0.1) is 11.8 Å². The van der Waals surface area contributed by atoms with Crippen LogP contribution >= 0.6 is 0 Å². The highest BCUT2D eigenvalue weighted by molar-refractivity contribution is 4.86. The van der Waals surface area contributed by atoms with Crippen molar-refractivity contribution in [3.05, 3.63) is 0 Å². The quantitative estimate of drug-likeness (QED) is 0.602. The van der Waals surface area contributed by atoms with Gasteiger partial charge in [0.05, 0.1) is 5.60 Å². The van der Waals surface area contributed by atoms with Crippen LogP contribution < -0.4 is 0 Å². The van der Waals surface area contributed by atoms with Gasteiger partial charge >= 0.3 is 0 Å². The molecule has 0 spiro atoms.